The van der Waals surface area contributed by atoms with Gasteiger partial charge in [-0.05, 0) is 23.1 Å². The zero-order chi connectivity index (χ0) is 12.5. The predicted molar refractivity (Wildman–Crippen MR) is 73.8 cm³/mol. The maximum absolute atomic E-state index is 5.68. The number of hydrogen-bond acceptors (Lipinski definition) is 1. The Morgan fingerprint density at radius 2 is 1.65 bits per heavy atom. The lowest BCUT2D eigenvalue weighted by molar-refractivity contribution is 0.589. The maximum atomic E-state index is 5.68. The van der Waals surface area contributed by atoms with E-state index < -0.39 is 0 Å². The van der Waals surface area contributed by atoms with E-state index in [4.69, 9.17) is 7.85 Å². The quantitative estimate of drug-likeness (QED) is 0.674. The van der Waals surface area contributed by atoms with Gasteiger partial charge in [-0.3, -0.25) is 4.98 Å². The first-order chi connectivity index (χ1) is 7.97. The molecule has 0 saturated carbocycles. The molecule has 0 saturated heterocycles. The second-order valence-corrected chi connectivity index (χ2v) is 5.30. The van der Waals surface area contributed by atoms with Crippen molar-refractivity contribution in [1.29, 1.82) is 0 Å². The topological polar surface area (TPSA) is 12.9 Å². The molecule has 1 heterocycles. The van der Waals surface area contributed by atoms with Crippen molar-refractivity contribution >= 4 is 13.3 Å². The monoisotopic (exact) mass is 221 g/mol. The van der Waals surface area contributed by atoms with Crippen LogP contribution in [0.15, 0.2) is 42.6 Å². The third-order valence-corrected chi connectivity index (χ3v) is 2.83. The number of hydrogen-bond donors (Lipinski definition) is 0. The molecule has 84 valence electrons. The van der Waals surface area contributed by atoms with Crippen LogP contribution in [0.1, 0.15) is 26.3 Å². The Kier molecular flexibility index (Phi) is 3.06. The number of nitrogens with zero attached hydrogens (tertiary/aromatic N) is 1. The SMILES string of the molecule is [B]c1ccc(-c2cc(C(C)(C)C)ccn2)cc1. The normalized spacial score (nSPS) is 11.5. The Morgan fingerprint density at radius 1 is 1.00 bits per heavy atom. The van der Waals surface area contributed by atoms with E-state index in [9.17, 15) is 0 Å². The Bertz CT molecular complexity index is 509. The number of rotatable bonds is 1. The summed E-state index contributed by atoms with van der Waals surface area (Å²) in [6.45, 7) is 6.61. The van der Waals surface area contributed by atoms with Crippen molar-refractivity contribution in [1.82, 2.24) is 4.98 Å². The molecule has 0 N–H and O–H groups in total. The molecule has 0 spiro atoms. The number of aromatic nitrogens is 1. The number of benzene rings is 1. The van der Waals surface area contributed by atoms with Crippen molar-refractivity contribution in [3.8, 4) is 11.3 Å². The molecule has 2 heteroatoms. The Morgan fingerprint density at radius 3 is 2.24 bits per heavy atom. The van der Waals surface area contributed by atoms with Crippen molar-refractivity contribution in [2.45, 2.75) is 26.2 Å². The summed E-state index contributed by atoms with van der Waals surface area (Å²) in [6.07, 6.45) is 1.87. The summed E-state index contributed by atoms with van der Waals surface area (Å²) in [6, 6.07) is 12.0. The van der Waals surface area contributed by atoms with E-state index in [0.29, 0.717) is 0 Å². The van der Waals surface area contributed by atoms with Gasteiger partial charge in [-0.2, -0.15) is 0 Å². The Balaban J connectivity index is 2.43. The van der Waals surface area contributed by atoms with Crippen LogP contribution in [0.5, 0.6) is 0 Å². The largest absolute Gasteiger partial charge is 0.256 e. The molecule has 17 heavy (non-hydrogen) atoms. The highest BCUT2D eigenvalue weighted by molar-refractivity contribution is 6.32. The predicted octanol–water partition coefficient (Wildman–Crippen LogP) is 2.84. The maximum Gasteiger partial charge on any atom is 0.113 e. The van der Waals surface area contributed by atoms with E-state index in [1.807, 2.05) is 30.5 Å². The molecular weight excluding hydrogens is 205 g/mol. The fraction of sp³-hybridized carbons (Fsp3) is 0.267. The van der Waals surface area contributed by atoms with Gasteiger partial charge < -0.3 is 0 Å². The molecule has 0 bridgehead atoms. The molecule has 2 aromatic rings. The molecule has 0 aliphatic carbocycles. The average Bonchev–Trinajstić information content (AvgIpc) is 2.29. The van der Waals surface area contributed by atoms with Crippen molar-refractivity contribution in [2.24, 2.45) is 0 Å². The first-order valence-electron chi connectivity index (χ1n) is 5.79. The summed E-state index contributed by atoms with van der Waals surface area (Å²) in [5.74, 6) is 0. The van der Waals surface area contributed by atoms with Crippen LogP contribution in [-0.4, -0.2) is 12.8 Å². The van der Waals surface area contributed by atoms with Gasteiger partial charge in [0.2, 0.25) is 0 Å². The third kappa shape index (κ3) is 2.76. The van der Waals surface area contributed by atoms with Gasteiger partial charge in [-0.1, -0.05) is 50.5 Å². The van der Waals surface area contributed by atoms with E-state index in [1.54, 1.807) is 0 Å². The zero-order valence-corrected chi connectivity index (χ0v) is 10.6. The van der Waals surface area contributed by atoms with Gasteiger partial charge >= 0.3 is 0 Å². The lowest BCUT2D eigenvalue weighted by Gasteiger charge is -2.19. The molecule has 0 aliphatic heterocycles. The molecule has 2 radical (unpaired) electrons. The van der Waals surface area contributed by atoms with Gasteiger partial charge in [-0.25, -0.2) is 0 Å². The van der Waals surface area contributed by atoms with Crippen LogP contribution in [0.4, 0.5) is 0 Å². The van der Waals surface area contributed by atoms with Gasteiger partial charge in [0, 0.05) is 11.8 Å². The minimum atomic E-state index is 0.144. The fourth-order valence-electron chi connectivity index (χ4n) is 1.71. The van der Waals surface area contributed by atoms with Crippen LogP contribution in [0.3, 0.4) is 0 Å². The minimum absolute atomic E-state index is 0.144. The van der Waals surface area contributed by atoms with E-state index in [2.05, 4.69) is 37.9 Å². The van der Waals surface area contributed by atoms with Gasteiger partial charge in [0.1, 0.15) is 7.85 Å². The van der Waals surface area contributed by atoms with Crippen molar-refractivity contribution in [2.75, 3.05) is 0 Å². The summed E-state index contributed by atoms with van der Waals surface area (Å²) < 4.78 is 0. The van der Waals surface area contributed by atoms with Gasteiger partial charge in [-0.15, -0.1) is 0 Å². The molecule has 2 rings (SSSR count). The molecule has 0 atom stereocenters. The van der Waals surface area contributed by atoms with E-state index in [-0.39, 0.29) is 5.41 Å². The Hall–Kier alpha value is -1.57. The van der Waals surface area contributed by atoms with E-state index in [1.165, 1.54) is 5.56 Å². The fourth-order valence-corrected chi connectivity index (χ4v) is 1.71. The first-order valence-corrected chi connectivity index (χ1v) is 5.79. The smallest absolute Gasteiger partial charge is 0.113 e. The van der Waals surface area contributed by atoms with Crippen LogP contribution in [0.2, 0.25) is 0 Å². The van der Waals surface area contributed by atoms with Crippen LogP contribution in [0, 0.1) is 0 Å². The van der Waals surface area contributed by atoms with Crippen LogP contribution >= 0.6 is 0 Å². The third-order valence-electron chi connectivity index (χ3n) is 2.83. The van der Waals surface area contributed by atoms with Gasteiger partial charge in [0.05, 0.1) is 5.69 Å². The van der Waals surface area contributed by atoms with Crippen molar-refractivity contribution in [3.63, 3.8) is 0 Å². The molecule has 1 aromatic carbocycles. The molecule has 0 aliphatic rings. The molecule has 1 aromatic heterocycles. The highest BCUT2D eigenvalue weighted by Crippen LogP contribution is 2.25. The highest BCUT2D eigenvalue weighted by atomic mass is 14.7. The Labute approximate surface area is 104 Å². The van der Waals surface area contributed by atoms with E-state index in [0.717, 1.165) is 16.7 Å². The van der Waals surface area contributed by atoms with Gasteiger partial charge in [0.25, 0.3) is 0 Å². The van der Waals surface area contributed by atoms with Crippen LogP contribution in [0.25, 0.3) is 11.3 Å². The molecule has 0 unspecified atom stereocenters. The summed E-state index contributed by atoms with van der Waals surface area (Å²) in [5, 5.41) is 0. The second kappa shape index (κ2) is 4.36. The second-order valence-electron chi connectivity index (χ2n) is 5.30. The van der Waals surface area contributed by atoms with E-state index >= 15 is 0 Å². The van der Waals surface area contributed by atoms with Crippen molar-refractivity contribution < 1.29 is 0 Å². The lowest BCUT2D eigenvalue weighted by Crippen LogP contribution is -2.11. The summed E-state index contributed by atoms with van der Waals surface area (Å²) in [7, 11) is 5.68. The standard InChI is InChI=1S/C15H16BN/c1-15(2,3)12-8-9-17-14(10-12)11-4-6-13(16)7-5-11/h4-10H,1-3H3. The lowest BCUT2D eigenvalue weighted by atomic mass is 9.86. The molecule has 0 fully saturated rings. The molecule has 0 amide bonds. The van der Waals surface area contributed by atoms with Gasteiger partial charge in [0.15, 0.2) is 0 Å². The average molecular weight is 221 g/mol. The number of pyridine rings is 1. The summed E-state index contributed by atoms with van der Waals surface area (Å²) >= 11 is 0. The van der Waals surface area contributed by atoms with Crippen molar-refractivity contribution in [3.05, 3.63) is 48.2 Å². The summed E-state index contributed by atoms with van der Waals surface area (Å²) in [5.41, 5.74) is 4.31. The van der Waals surface area contributed by atoms with Crippen LogP contribution < -0.4 is 5.46 Å². The zero-order valence-electron chi connectivity index (χ0n) is 10.6. The van der Waals surface area contributed by atoms with Crippen LogP contribution in [-0.2, 0) is 5.41 Å². The molecule has 1 nitrogen and oxygen atoms in total. The summed E-state index contributed by atoms with van der Waals surface area (Å²) in [4.78, 5) is 4.41. The minimum Gasteiger partial charge on any atom is -0.256 e. The highest BCUT2D eigenvalue weighted by Gasteiger charge is 2.14. The first kappa shape index (κ1) is 11.9. The molecular formula is C15H16BN.